The van der Waals surface area contributed by atoms with E-state index in [4.69, 9.17) is 4.18 Å². The van der Waals surface area contributed by atoms with Crippen molar-refractivity contribution in [3.05, 3.63) is 82.0 Å². The molecule has 1 aromatic heterocycles. The highest BCUT2D eigenvalue weighted by atomic mass is 32.2. The first kappa shape index (κ1) is 24.8. The van der Waals surface area contributed by atoms with E-state index in [9.17, 15) is 26.4 Å². The van der Waals surface area contributed by atoms with E-state index in [0.29, 0.717) is 17.5 Å². The maximum Gasteiger partial charge on any atom is 0.416 e. The number of nitrogens with zero attached hydrogens (tertiary/aromatic N) is 1. The Hall–Kier alpha value is -2.85. The van der Waals surface area contributed by atoms with Crippen molar-refractivity contribution < 1.29 is 30.6 Å². The highest BCUT2D eigenvalue weighted by molar-refractivity contribution is 7.87. The molecule has 0 saturated carbocycles. The van der Waals surface area contributed by atoms with Gasteiger partial charge in [0, 0.05) is 12.6 Å². The second-order valence-corrected chi connectivity index (χ2v) is 9.87. The average molecular weight is 498 g/mol. The summed E-state index contributed by atoms with van der Waals surface area (Å²) in [5.74, 6) is -0.136. The summed E-state index contributed by atoms with van der Waals surface area (Å²) in [5.41, 5.74) is -0.327. The van der Waals surface area contributed by atoms with E-state index in [-0.39, 0.29) is 17.7 Å². The van der Waals surface area contributed by atoms with Crippen molar-refractivity contribution in [1.29, 1.82) is 0 Å². The van der Waals surface area contributed by atoms with Crippen LogP contribution in [0.25, 0.3) is 0 Å². The molecule has 0 bridgehead atoms. The van der Waals surface area contributed by atoms with Gasteiger partial charge in [-0.1, -0.05) is 31.2 Å². The molecule has 5 nitrogen and oxygen atoms in total. The van der Waals surface area contributed by atoms with Crippen LogP contribution in [-0.4, -0.2) is 25.3 Å². The predicted octanol–water partition coefficient (Wildman–Crippen LogP) is 5.98. The van der Waals surface area contributed by atoms with Crippen molar-refractivity contribution in [1.82, 2.24) is 4.90 Å². The molecule has 0 aliphatic heterocycles. The zero-order valence-electron chi connectivity index (χ0n) is 17.9. The fraction of sp³-hybridized carbons (Fsp3) is 0.261. The van der Waals surface area contributed by atoms with Crippen LogP contribution >= 0.6 is 11.3 Å². The van der Waals surface area contributed by atoms with Crippen molar-refractivity contribution in [2.45, 2.75) is 43.9 Å². The van der Waals surface area contributed by atoms with E-state index < -0.39 is 26.8 Å². The zero-order chi connectivity index (χ0) is 24.2. The fourth-order valence-corrected chi connectivity index (χ4v) is 4.70. The van der Waals surface area contributed by atoms with Crippen molar-refractivity contribution >= 4 is 27.4 Å². The molecular formula is C23H22F3NO4S2. The van der Waals surface area contributed by atoms with Crippen LogP contribution in [0.2, 0.25) is 0 Å². The lowest BCUT2D eigenvalue weighted by atomic mass is 10.1. The second-order valence-electron chi connectivity index (χ2n) is 7.37. The normalized spacial score (nSPS) is 12.9. The molecule has 2 aromatic carbocycles. The molecule has 0 aliphatic carbocycles. The molecule has 0 aliphatic rings. The van der Waals surface area contributed by atoms with Crippen LogP contribution in [0.1, 0.15) is 41.1 Å². The van der Waals surface area contributed by atoms with Gasteiger partial charge < -0.3 is 9.08 Å². The van der Waals surface area contributed by atoms with Crippen molar-refractivity contribution in [3.8, 4) is 5.75 Å². The summed E-state index contributed by atoms with van der Waals surface area (Å²) in [6, 6.07) is 13.0. The molecule has 0 fully saturated rings. The van der Waals surface area contributed by atoms with Gasteiger partial charge in [0.1, 0.15) is 10.6 Å². The Labute approximate surface area is 194 Å². The Morgan fingerprint density at radius 1 is 1.09 bits per heavy atom. The molecule has 3 rings (SSSR count). The molecule has 1 amide bonds. The largest absolute Gasteiger partial charge is 0.416 e. The minimum Gasteiger partial charge on any atom is -0.379 e. The number of benzene rings is 2. The molecule has 0 spiro atoms. The first-order valence-corrected chi connectivity index (χ1v) is 12.3. The van der Waals surface area contributed by atoms with Crippen LogP contribution < -0.4 is 4.18 Å². The molecule has 1 heterocycles. The second kappa shape index (κ2) is 9.96. The number of carbonyl (C=O) groups excluding carboxylic acids is 1. The third-order valence-corrected chi connectivity index (χ3v) is 7.15. The maximum absolute atomic E-state index is 12.9. The number of hydrogen-bond donors (Lipinski definition) is 0. The molecule has 0 N–H and O–H groups in total. The standard InChI is InChI=1S/C23H22F3NO4S2/c1-3-16(2)27(22(28)21-8-5-13-32-21)15-17-9-11-19(12-10-17)31-33(29,30)20-7-4-6-18(14-20)23(24,25)26/h4-14,16H,3,15H2,1-2H3. The first-order valence-electron chi connectivity index (χ1n) is 10.1. The Morgan fingerprint density at radius 3 is 2.36 bits per heavy atom. The summed E-state index contributed by atoms with van der Waals surface area (Å²) < 4.78 is 68.6. The predicted molar refractivity (Wildman–Crippen MR) is 120 cm³/mol. The molecule has 1 unspecified atom stereocenters. The molecule has 33 heavy (non-hydrogen) atoms. The minimum atomic E-state index is -4.67. The first-order chi connectivity index (χ1) is 15.5. The topological polar surface area (TPSA) is 63.7 Å². The SMILES string of the molecule is CCC(C)N(Cc1ccc(OS(=O)(=O)c2cccc(C(F)(F)F)c2)cc1)C(=O)c1cccs1. The summed E-state index contributed by atoms with van der Waals surface area (Å²) in [4.78, 5) is 14.6. The maximum atomic E-state index is 12.9. The lowest BCUT2D eigenvalue weighted by Gasteiger charge is -2.28. The van der Waals surface area contributed by atoms with E-state index in [0.717, 1.165) is 30.2 Å². The smallest absolute Gasteiger partial charge is 0.379 e. The number of halogens is 3. The monoisotopic (exact) mass is 497 g/mol. The van der Waals surface area contributed by atoms with Gasteiger partial charge in [0.15, 0.2) is 0 Å². The van der Waals surface area contributed by atoms with Gasteiger partial charge in [0.2, 0.25) is 0 Å². The number of rotatable bonds is 8. The number of alkyl halides is 3. The van der Waals surface area contributed by atoms with E-state index >= 15 is 0 Å². The third kappa shape index (κ3) is 6.14. The Kier molecular flexibility index (Phi) is 7.48. The van der Waals surface area contributed by atoms with Crippen LogP contribution in [0.15, 0.2) is 70.9 Å². The Morgan fingerprint density at radius 2 is 1.79 bits per heavy atom. The quantitative estimate of drug-likeness (QED) is 0.360. The van der Waals surface area contributed by atoms with Gasteiger partial charge in [-0.2, -0.15) is 21.6 Å². The fourth-order valence-electron chi connectivity index (χ4n) is 3.04. The molecule has 0 radical (unpaired) electrons. The van der Waals surface area contributed by atoms with Crippen molar-refractivity contribution in [2.24, 2.45) is 0 Å². The van der Waals surface area contributed by atoms with Crippen LogP contribution in [0.3, 0.4) is 0 Å². The summed E-state index contributed by atoms with van der Waals surface area (Å²) in [7, 11) is -4.46. The van der Waals surface area contributed by atoms with Gasteiger partial charge in [0.05, 0.1) is 10.4 Å². The Bertz CT molecular complexity index is 1190. The number of carbonyl (C=O) groups is 1. The molecule has 176 valence electrons. The van der Waals surface area contributed by atoms with Gasteiger partial charge >= 0.3 is 16.3 Å². The lowest BCUT2D eigenvalue weighted by molar-refractivity contribution is -0.137. The number of hydrogen-bond acceptors (Lipinski definition) is 5. The van der Waals surface area contributed by atoms with Gasteiger partial charge in [-0.3, -0.25) is 4.79 Å². The van der Waals surface area contributed by atoms with Crippen LogP contribution in [-0.2, 0) is 22.8 Å². The van der Waals surface area contributed by atoms with E-state index in [1.165, 1.54) is 23.5 Å². The van der Waals surface area contributed by atoms with Crippen LogP contribution in [0.4, 0.5) is 13.2 Å². The number of amides is 1. The number of thiophene rings is 1. The van der Waals surface area contributed by atoms with E-state index in [1.54, 1.807) is 23.1 Å². The van der Waals surface area contributed by atoms with Gasteiger partial charge in [-0.05, 0) is 60.7 Å². The minimum absolute atomic E-state index is 0.0168. The van der Waals surface area contributed by atoms with Gasteiger partial charge in [-0.15, -0.1) is 11.3 Å². The van der Waals surface area contributed by atoms with Gasteiger partial charge in [-0.25, -0.2) is 0 Å². The van der Waals surface area contributed by atoms with Gasteiger partial charge in [0.25, 0.3) is 5.91 Å². The summed E-state index contributed by atoms with van der Waals surface area (Å²) >= 11 is 1.36. The average Bonchev–Trinajstić information content (AvgIpc) is 3.32. The highest BCUT2D eigenvalue weighted by Crippen LogP contribution is 2.31. The molecule has 1 atom stereocenters. The van der Waals surface area contributed by atoms with Crippen molar-refractivity contribution in [3.63, 3.8) is 0 Å². The molecule has 10 heteroatoms. The lowest BCUT2D eigenvalue weighted by Crippen LogP contribution is -2.37. The highest BCUT2D eigenvalue weighted by Gasteiger charge is 2.32. The molecule has 3 aromatic rings. The van der Waals surface area contributed by atoms with Crippen LogP contribution in [0, 0.1) is 0 Å². The summed E-state index contributed by atoms with van der Waals surface area (Å²) in [6.45, 7) is 4.24. The summed E-state index contributed by atoms with van der Waals surface area (Å²) in [6.07, 6.45) is -3.91. The van der Waals surface area contributed by atoms with Crippen molar-refractivity contribution in [2.75, 3.05) is 0 Å². The Balaban J connectivity index is 1.76. The van der Waals surface area contributed by atoms with E-state index in [2.05, 4.69) is 0 Å². The van der Waals surface area contributed by atoms with Crippen LogP contribution in [0.5, 0.6) is 5.75 Å². The molecule has 0 saturated heterocycles. The third-order valence-electron chi connectivity index (χ3n) is 5.05. The zero-order valence-corrected chi connectivity index (χ0v) is 19.5. The van der Waals surface area contributed by atoms with E-state index in [1.807, 2.05) is 25.3 Å². The summed E-state index contributed by atoms with van der Waals surface area (Å²) in [5, 5.41) is 1.83. The molecular weight excluding hydrogens is 475 g/mol.